The number of methoxy groups -OCH3 is 1. The van der Waals surface area contributed by atoms with Gasteiger partial charge in [0.2, 0.25) is 0 Å². The van der Waals surface area contributed by atoms with E-state index in [1.807, 2.05) is 42.9 Å². The lowest BCUT2D eigenvalue weighted by Crippen LogP contribution is -2.14. The molecule has 0 aliphatic rings. The van der Waals surface area contributed by atoms with Crippen molar-refractivity contribution >= 4 is 27.8 Å². The van der Waals surface area contributed by atoms with Crippen LogP contribution in [0.15, 0.2) is 35.8 Å². The monoisotopic (exact) mass is 302 g/mol. The lowest BCUT2D eigenvalue weighted by atomic mass is 10.2. The zero-order valence-corrected chi connectivity index (χ0v) is 12.9. The summed E-state index contributed by atoms with van der Waals surface area (Å²) in [6, 6.07) is 7.96. The lowest BCUT2D eigenvalue weighted by molar-refractivity contribution is 0.415. The first-order valence-electron chi connectivity index (χ1n) is 6.77. The Kier molecular flexibility index (Phi) is 3.81. The average Bonchev–Trinajstić information content (AvgIpc) is 3.09. The molecule has 110 valence electrons. The molecular formula is C15H18N4OS. The molecule has 2 N–H and O–H groups in total. The van der Waals surface area contributed by atoms with Gasteiger partial charge in [0.15, 0.2) is 10.8 Å². The van der Waals surface area contributed by atoms with Gasteiger partial charge >= 0.3 is 0 Å². The SMILES string of the molecule is COc1cccc(N(C)c2nc3sccn3c2CCN)c1. The Morgan fingerprint density at radius 3 is 3.05 bits per heavy atom. The summed E-state index contributed by atoms with van der Waals surface area (Å²) < 4.78 is 7.41. The minimum atomic E-state index is 0.600. The Bertz CT molecular complexity index is 749. The first kappa shape index (κ1) is 13.9. The van der Waals surface area contributed by atoms with Gasteiger partial charge in [0.1, 0.15) is 5.75 Å². The van der Waals surface area contributed by atoms with E-state index in [1.165, 1.54) is 0 Å². The molecule has 6 heteroatoms. The van der Waals surface area contributed by atoms with Crippen LogP contribution in [-0.2, 0) is 6.42 Å². The largest absolute Gasteiger partial charge is 0.497 e. The van der Waals surface area contributed by atoms with Gasteiger partial charge in [-0.3, -0.25) is 4.40 Å². The fourth-order valence-electron chi connectivity index (χ4n) is 2.40. The van der Waals surface area contributed by atoms with Gasteiger partial charge in [-0.1, -0.05) is 6.07 Å². The predicted octanol–water partition coefficient (Wildman–Crippen LogP) is 2.67. The van der Waals surface area contributed by atoms with Crippen LogP contribution >= 0.6 is 11.3 Å². The van der Waals surface area contributed by atoms with E-state index in [1.54, 1.807) is 18.4 Å². The molecule has 2 aromatic heterocycles. The van der Waals surface area contributed by atoms with E-state index in [2.05, 4.69) is 9.30 Å². The number of rotatable bonds is 5. The molecule has 3 rings (SSSR count). The van der Waals surface area contributed by atoms with Crippen molar-refractivity contribution in [2.45, 2.75) is 6.42 Å². The van der Waals surface area contributed by atoms with Crippen molar-refractivity contribution in [3.05, 3.63) is 41.5 Å². The molecular weight excluding hydrogens is 284 g/mol. The summed E-state index contributed by atoms with van der Waals surface area (Å²) in [7, 11) is 3.69. The molecule has 0 unspecified atom stereocenters. The topological polar surface area (TPSA) is 55.8 Å². The summed E-state index contributed by atoms with van der Waals surface area (Å²) in [5.41, 5.74) is 7.93. The van der Waals surface area contributed by atoms with Crippen LogP contribution in [0, 0.1) is 0 Å². The molecule has 21 heavy (non-hydrogen) atoms. The van der Waals surface area contributed by atoms with E-state index < -0.39 is 0 Å². The summed E-state index contributed by atoms with van der Waals surface area (Å²) in [4.78, 5) is 7.80. The van der Waals surface area contributed by atoms with Gasteiger partial charge in [-0.15, -0.1) is 11.3 Å². The van der Waals surface area contributed by atoms with E-state index in [0.717, 1.165) is 34.3 Å². The Balaban J connectivity index is 2.05. The maximum Gasteiger partial charge on any atom is 0.195 e. The van der Waals surface area contributed by atoms with Crippen molar-refractivity contribution in [2.75, 3.05) is 25.6 Å². The second-order valence-corrected chi connectivity index (χ2v) is 5.61. The first-order valence-corrected chi connectivity index (χ1v) is 7.65. The Labute approximate surface area is 127 Å². The fraction of sp³-hybridized carbons (Fsp3) is 0.267. The molecule has 0 aliphatic carbocycles. The molecule has 0 saturated carbocycles. The first-order chi connectivity index (χ1) is 10.2. The molecule has 1 aromatic carbocycles. The minimum absolute atomic E-state index is 0.600. The van der Waals surface area contributed by atoms with Crippen molar-refractivity contribution in [2.24, 2.45) is 5.73 Å². The number of aromatic nitrogens is 2. The van der Waals surface area contributed by atoms with Gasteiger partial charge in [0, 0.05) is 36.8 Å². The number of imidazole rings is 1. The number of thiazole rings is 1. The molecule has 0 spiro atoms. The zero-order valence-electron chi connectivity index (χ0n) is 12.1. The number of nitrogens with zero attached hydrogens (tertiary/aromatic N) is 3. The summed E-state index contributed by atoms with van der Waals surface area (Å²) in [5.74, 6) is 1.78. The number of benzene rings is 1. The molecule has 2 heterocycles. The summed E-state index contributed by atoms with van der Waals surface area (Å²) >= 11 is 1.63. The highest BCUT2D eigenvalue weighted by Gasteiger charge is 2.17. The van der Waals surface area contributed by atoms with E-state index in [9.17, 15) is 0 Å². The summed E-state index contributed by atoms with van der Waals surface area (Å²) in [5, 5.41) is 2.04. The summed E-state index contributed by atoms with van der Waals surface area (Å²) in [6.07, 6.45) is 2.84. The van der Waals surface area contributed by atoms with Gasteiger partial charge in [-0.2, -0.15) is 0 Å². The smallest absolute Gasteiger partial charge is 0.195 e. The molecule has 3 aromatic rings. The molecule has 0 atom stereocenters. The normalized spacial score (nSPS) is 11.0. The number of anilines is 2. The molecule has 5 nitrogen and oxygen atoms in total. The standard InChI is InChI=1S/C15H18N4OS/c1-18(11-4-3-5-12(10-11)20-2)14-13(6-7-16)19-8-9-21-15(19)17-14/h3-5,8-10H,6-7,16H2,1-2H3. The zero-order chi connectivity index (χ0) is 14.8. The molecule has 0 bridgehead atoms. The van der Waals surface area contributed by atoms with Gasteiger partial charge in [0.25, 0.3) is 0 Å². The molecule has 0 amide bonds. The van der Waals surface area contributed by atoms with E-state index in [-0.39, 0.29) is 0 Å². The third kappa shape index (κ3) is 2.48. The van der Waals surface area contributed by atoms with Gasteiger partial charge in [-0.25, -0.2) is 4.98 Å². The third-order valence-electron chi connectivity index (χ3n) is 3.48. The number of fused-ring (bicyclic) bond motifs is 1. The number of ether oxygens (including phenoxy) is 1. The third-order valence-corrected chi connectivity index (χ3v) is 4.24. The molecule has 0 saturated heterocycles. The summed E-state index contributed by atoms with van der Waals surface area (Å²) in [6.45, 7) is 0.600. The second-order valence-electron chi connectivity index (χ2n) is 4.74. The number of hydrogen-bond acceptors (Lipinski definition) is 5. The van der Waals surface area contributed by atoms with Gasteiger partial charge in [-0.05, 0) is 18.7 Å². The Morgan fingerprint density at radius 2 is 2.29 bits per heavy atom. The van der Waals surface area contributed by atoms with Crippen molar-refractivity contribution in [3.8, 4) is 5.75 Å². The lowest BCUT2D eigenvalue weighted by Gasteiger charge is -2.19. The molecule has 0 aliphatic heterocycles. The fourth-order valence-corrected chi connectivity index (χ4v) is 3.13. The highest BCUT2D eigenvalue weighted by molar-refractivity contribution is 7.15. The van der Waals surface area contributed by atoms with Crippen molar-refractivity contribution < 1.29 is 4.74 Å². The van der Waals surface area contributed by atoms with Crippen molar-refractivity contribution in [1.29, 1.82) is 0 Å². The van der Waals surface area contributed by atoms with Crippen LogP contribution in [0.25, 0.3) is 4.96 Å². The number of hydrogen-bond donors (Lipinski definition) is 1. The second kappa shape index (κ2) is 5.75. The quantitative estimate of drug-likeness (QED) is 0.787. The van der Waals surface area contributed by atoms with E-state index in [0.29, 0.717) is 6.54 Å². The number of nitrogens with two attached hydrogens (primary N) is 1. The van der Waals surface area contributed by atoms with Crippen LogP contribution in [0.3, 0.4) is 0 Å². The van der Waals surface area contributed by atoms with Gasteiger partial charge < -0.3 is 15.4 Å². The highest BCUT2D eigenvalue weighted by atomic mass is 32.1. The highest BCUT2D eigenvalue weighted by Crippen LogP contribution is 2.30. The van der Waals surface area contributed by atoms with Crippen LogP contribution in [0.2, 0.25) is 0 Å². The minimum Gasteiger partial charge on any atom is -0.497 e. The molecule has 0 fully saturated rings. The van der Waals surface area contributed by atoms with E-state index in [4.69, 9.17) is 15.5 Å². The van der Waals surface area contributed by atoms with Crippen LogP contribution in [0.1, 0.15) is 5.69 Å². The maximum atomic E-state index is 5.76. The van der Waals surface area contributed by atoms with E-state index >= 15 is 0 Å². The van der Waals surface area contributed by atoms with Crippen LogP contribution in [-0.4, -0.2) is 30.1 Å². The van der Waals surface area contributed by atoms with Crippen LogP contribution in [0.4, 0.5) is 11.5 Å². The Morgan fingerprint density at radius 1 is 1.43 bits per heavy atom. The van der Waals surface area contributed by atoms with Gasteiger partial charge in [0.05, 0.1) is 12.8 Å². The van der Waals surface area contributed by atoms with Crippen LogP contribution < -0.4 is 15.4 Å². The van der Waals surface area contributed by atoms with Crippen molar-refractivity contribution in [3.63, 3.8) is 0 Å². The predicted molar refractivity (Wildman–Crippen MR) is 86.9 cm³/mol. The van der Waals surface area contributed by atoms with Crippen LogP contribution in [0.5, 0.6) is 5.75 Å². The maximum absolute atomic E-state index is 5.76. The molecule has 0 radical (unpaired) electrons. The van der Waals surface area contributed by atoms with Crippen molar-refractivity contribution in [1.82, 2.24) is 9.38 Å². The average molecular weight is 302 g/mol. The Hall–Kier alpha value is -2.05.